The molecule has 1 heterocycles. The smallest absolute Gasteiger partial charge is 0.330 e. The Bertz CT molecular complexity index is 1260. The van der Waals surface area contributed by atoms with Gasteiger partial charge in [0.05, 0.1) is 19.3 Å². The first-order valence-electron chi connectivity index (χ1n) is 12.2. The van der Waals surface area contributed by atoms with Crippen molar-refractivity contribution >= 4 is 24.4 Å². The van der Waals surface area contributed by atoms with Gasteiger partial charge >= 0.3 is 18.3 Å². The molecule has 2 rings (SSSR count). The van der Waals surface area contributed by atoms with Gasteiger partial charge < -0.3 is 28.7 Å². The molecule has 0 aliphatic rings. The van der Waals surface area contributed by atoms with Gasteiger partial charge in [0.15, 0.2) is 6.23 Å². The van der Waals surface area contributed by atoms with Gasteiger partial charge in [0, 0.05) is 12.3 Å². The van der Waals surface area contributed by atoms with Gasteiger partial charge in [0.2, 0.25) is 0 Å². The first-order valence-corrected chi connectivity index (χ1v) is 14.8. The number of rotatable bonds is 16. The van der Waals surface area contributed by atoms with Gasteiger partial charge in [0.1, 0.15) is 24.0 Å². The lowest BCUT2D eigenvalue weighted by Crippen LogP contribution is -2.41. The van der Waals surface area contributed by atoms with Gasteiger partial charge in [-0.15, -0.1) is 6.42 Å². The van der Waals surface area contributed by atoms with Crippen LogP contribution in [0.15, 0.2) is 52.2 Å². The normalized spacial score (nSPS) is 15.9. The highest BCUT2D eigenvalue weighted by molar-refractivity contribution is 8.09. The molecule has 0 amide bonds. The summed E-state index contributed by atoms with van der Waals surface area (Å²) < 4.78 is 24.0. The highest BCUT2D eigenvalue weighted by atomic mass is 32.5. The molecule has 0 radical (unpaired) electrons. The molecule has 0 saturated heterocycles. The van der Waals surface area contributed by atoms with Crippen molar-refractivity contribution in [3.05, 3.63) is 63.4 Å². The second kappa shape index (κ2) is 15.7. The number of H-pyrrole nitrogens is 1. The molecule has 12 nitrogen and oxygen atoms in total. The van der Waals surface area contributed by atoms with E-state index in [1.165, 1.54) is 0 Å². The van der Waals surface area contributed by atoms with Crippen molar-refractivity contribution in [1.82, 2.24) is 14.6 Å². The summed E-state index contributed by atoms with van der Waals surface area (Å²) in [7, 11) is 0. The molecule has 214 valence electrons. The second-order valence-corrected chi connectivity index (χ2v) is 11.7. The number of benzene rings is 1. The molecule has 1 aromatic heterocycles. The van der Waals surface area contributed by atoms with Crippen LogP contribution >= 0.6 is 6.64 Å². The Morgan fingerprint density at radius 2 is 1.95 bits per heavy atom. The third-order valence-corrected chi connectivity index (χ3v) is 7.50. The Labute approximate surface area is 231 Å². The number of para-hydroxylation sites is 1. The van der Waals surface area contributed by atoms with Crippen molar-refractivity contribution in [2.45, 2.75) is 64.2 Å². The van der Waals surface area contributed by atoms with E-state index in [-0.39, 0.29) is 6.10 Å². The predicted molar refractivity (Wildman–Crippen MR) is 148 cm³/mol. The molecule has 4 N–H and O–H groups in total. The monoisotopic (exact) mass is 583 g/mol. The molecule has 0 saturated carbocycles. The molecule has 39 heavy (non-hydrogen) atoms. The summed E-state index contributed by atoms with van der Waals surface area (Å²) in [5.74, 6) is 1.96. The van der Waals surface area contributed by atoms with E-state index in [0.29, 0.717) is 18.6 Å². The Kier molecular flexibility index (Phi) is 13.0. The number of ether oxygens (including phenoxy) is 2. The Balaban J connectivity index is 2.34. The average molecular weight is 584 g/mol. The Morgan fingerprint density at radius 1 is 1.26 bits per heavy atom. The molecule has 14 heteroatoms. The summed E-state index contributed by atoms with van der Waals surface area (Å²) in [6, 6.07) is 8.77. The average Bonchev–Trinajstić information content (AvgIpc) is 2.89. The van der Waals surface area contributed by atoms with Crippen LogP contribution in [0.25, 0.3) is 0 Å². The van der Waals surface area contributed by atoms with Crippen LogP contribution in [-0.2, 0) is 30.6 Å². The molecule has 2 aromatic rings. The van der Waals surface area contributed by atoms with E-state index in [2.05, 4.69) is 16.0 Å². The number of terminal acetylenes is 1. The lowest BCUT2D eigenvalue weighted by Gasteiger charge is -2.31. The van der Waals surface area contributed by atoms with Crippen LogP contribution in [0.3, 0.4) is 0 Å². The van der Waals surface area contributed by atoms with Crippen LogP contribution < -0.4 is 20.9 Å². The molecule has 0 bridgehead atoms. The number of aromatic nitrogens is 2. The fourth-order valence-electron chi connectivity index (χ4n) is 3.28. The lowest BCUT2D eigenvalue weighted by molar-refractivity contribution is -0.149. The molecule has 5 atom stereocenters. The van der Waals surface area contributed by atoms with Crippen LogP contribution in [-0.4, -0.2) is 63.3 Å². The van der Waals surface area contributed by atoms with E-state index in [1.54, 1.807) is 44.2 Å². The number of aliphatic hydroxyl groups excluding tert-OH is 2. The summed E-state index contributed by atoms with van der Waals surface area (Å²) in [6.07, 6.45) is 2.99. The molecule has 0 aliphatic heterocycles. The third kappa shape index (κ3) is 10.3. The van der Waals surface area contributed by atoms with Crippen LogP contribution in [0.1, 0.15) is 39.8 Å². The molecular formula is C25H34N3O9PS. The van der Waals surface area contributed by atoms with Gasteiger partial charge in [-0.3, -0.25) is 19.1 Å². The number of hydrogen-bond acceptors (Lipinski definition) is 10. The molecule has 3 unspecified atom stereocenters. The minimum Gasteiger partial charge on any atom is -0.462 e. The van der Waals surface area contributed by atoms with Crippen molar-refractivity contribution in [3.63, 3.8) is 0 Å². The first kappa shape index (κ1) is 32.4. The van der Waals surface area contributed by atoms with Crippen LogP contribution in [0.5, 0.6) is 5.75 Å². The van der Waals surface area contributed by atoms with Gasteiger partial charge in [-0.25, -0.2) is 9.88 Å². The minimum absolute atomic E-state index is 0.359. The zero-order chi connectivity index (χ0) is 29.0. The number of esters is 1. The summed E-state index contributed by atoms with van der Waals surface area (Å²) in [4.78, 5) is 38.4. The van der Waals surface area contributed by atoms with Crippen molar-refractivity contribution in [2.75, 3.05) is 13.2 Å². The summed E-state index contributed by atoms with van der Waals surface area (Å²) in [5.41, 5.74) is -1.49. The minimum atomic E-state index is -3.52. The topological polar surface area (TPSA) is 161 Å². The zero-order valence-electron chi connectivity index (χ0n) is 21.9. The van der Waals surface area contributed by atoms with Crippen LogP contribution in [0.4, 0.5) is 0 Å². The number of aliphatic hydroxyl groups is 2. The number of aromatic amines is 1. The van der Waals surface area contributed by atoms with E-state index in [9.17, 15) is 24.6 Å². The van der Waals surface area contributed by atoms with Crippen LogP contribution in [0, 0.1) is 12.3 Å². The SMILES string of the molecule is C#C[C@H](O)C(COP(=S)(N[C@@H](CCC)C(=O)OC(C)C)Oc1ccccc1)OC(CO)n1ccc(=O)[nH]c1=O. The molecular weight excluding hydrogens is 549 g/mol. The lowest BCUT2D eigenvalue weighted by atomic mass is 10.2. The van der Waals surface area contributed by atoms with Crippen molar-refractivity contribution in [2.24, 2.45) is 0 Å². The number of nitrogens with zero attached hydrogens (tertiary/aromatic N) is 1. The zero-order valence-corrected chi connectivity index (χ0v) is 23.6. The highest BCUT2D eigenvalue weighted by Gasteiger charge is 2.33. The van der Waals surface area contributed by atoms with E-state index in [0.717, 1.165) is 16.8 Å². The summed E-state index contributed by atoms with van der Waals surface area (Å²) >= 11 is 5.73. The van der Waals surface area contributed by atoms with E-state index in [1.807, 2.05) is 6.92 Å². The first-order chi connectivity index (χ1) is 18.5. The van der Waals surface area contributed by atoms with E-state index >= 15 is 0 Å². The Hall–Kier alpha value is -2.82. The van der Waals surface area contributed by atoms with Crippen molar-refractivity contribution < 1.29 is 33.5 Å². The number of carbonyl (C=O) groups excluding carboxylic acids is 1. The maximum atomic E-state index is 12.8. The standard InChI is InChI=1S/C25H34N3O9PS/c1-5-10-19(24(32)35-17(3)4)27-38(39,37-18-11-8-7-9-12-18)34-16-21(20(30)6-2)36-23(15-29)28-14-13-22(31)26-25(28)33/h2,7-9,11-14,17,19-21,23,29-30H,5,10,15-16H2,1,3-4H3,(H,27,39)(H,26,31,33)/t19-,20-,21?,23?,38?/m0/s1. The van der Waals surface area contributed by atoms with Gasteiger partial charge in [-0.1, -0.05) is 37.5 Å². The van der Waals surface area contributed by atoms with Gasteiger partial charge in [-0.05, 0) is 44.2 Å². The highest BCUT2D eigenvalue weighted by Crippen LogP contribution is 2.46. The van der Waals surface area contributed by atoms with Crippen molar-refractivity contribution in [1.29, 1.82) is 0 Å². The fraction of sp³-hybridized carbons (Fsp3) is 0.480. The molecule has 1 aromatic carbocycles. The number of hydrogen-bond donors (Lipinski definition) is 4. The number of nitrogens with one attached hydrogen (secondary N) is 2. The summed E-state index contributed by atoms with van der Waals surface area (Å²) in [5, 5.41) is 23.3. The molecule has 0 fully saturated rings. The van der Waals surface area contributed by atoms with Gasteiger partial charge in [0.25, 0.3) is 5.56 Å². The fourth-order valence-corrected chi connectivity index (χ4v) is 5.64. The molecule has 0 aliphatic carbocycles. The predicted octanol–water partition coefficient (Wildman–Crippen LogP) is 1.44. The van der Waals surface area contributed by atoms with Crippen molar-refractivity contribution in [3.8, 4) is 18.1 Å². The molecule has 0 spiro atoms. The maximum Gasteiger partial charge on any atom is 0.330 e. The maximum absolute atomic E-state index is 12.8. The quantitative estimate of drug-likeness (QED) is 0.129. The van der Waals surface area contributed by atoms with Gasteiger partial charge in [-0.2, -0.15) is 0 Å². The second-order valence-electron chi connectivity index (χ2n) is 8.59. The number of carbonyl (C=O) groups is 1. The Morgan fingerprint density at radius 3 is 2.51 bits per heavy atom. The largest absolute Gasteiger partial charge is 0.462 e. The van der Waals surface area contributed by atoms with E-state index < -0.39 is 61.6 Å². The summed E-state index contributed by atoms with van der Waals surface area (Å²) in [6.45, 7) is 0.663. The van der Waals surface area contributed by atoms with E-state index in [4.69, 9.17) is 36.8 Å². The third-order valence-electron chi connectivity index (χ3n) is 5.08. The van der Waals surface area contributed by atoms with Crippen LogP contribution in [0.2, 0.25) is 0 Å².